The predicted octanol–water partition coefficient (Wildman–Crippen LogP) is 3.44. The molecule has 5 nitrogen and oxygen atoms in total. The third kappa shape index (κ3) is 4.15. The number of anilines is 1. The van der Waals surface area contributed by atoms with Crippen molar-refractivity contribution in [2.75, 3.05) is 31.6 Å². The number of aromatic nitrogens is 1. The summed E-state index contributed by atoms with van der Waals surface area (Å²) >= 11 is 5.16. The number of benzene rings is 1. The van der Waals surface area contributed by atoms with Gasteiger partial charge in [-0.1, -0.05) is 0 Å². The fourth-order valence-corrected chi connectivity index (χ4v) is 4.21. The van der Waals surface area contributed by atoms with Crippen molar-refractivity contribution < 1.29 is 9.53 Å². The minimum atomic E-state index is -0.279. The zero-order chi connectivity index (χ0) is 16.9. The highest BCUT2D eigenvalue weighted by Gasteiger charge is 2.14. The second-order valence-corrected chi connectivity index (χ2v) is 7.98. The first kappa shape index (κ1) is 17.4. The number of carbonyl (C=O) groups is 1. The van der Waals surface area contributed by atoms with Gasteiger partial charge in [0.15, 0.2) is 0 Å². The molecule has 2 heterocycles. The Bertz CT molecular complexity index is 696. The van der Waals surface area contributed by atoms with E-state index in [0.717, 1.165) is 33.1 Å². The van der Waals surface area contributed by atoms with Gasteiger partial charge in [-0.05, 0) is 53.0 Å². The van der Waals surface area contributed by atoms with E-state index in [2.05, 4.69) is 60.1 Å². The van der Waals surface area contributed by atoms with Crippen LogP contribution in [0.15, 0.2) is 28.1 Å². The Hall–Kier alpha value is -1.44. The van der Waals surface area contributed by atoms with Gasteiger partial charge < -0.3 is 15.0 Å². The molecule has 1 N–H and O–H groups in total. The van der Waals surface area contributed by atoms with Crippen molar-refractivity contribution in [1.82, 2.24) is 10.3 Å². The molecule has 0 spiro atoms. The van der Waals surface area contributed by atoms with Crippen molar-refractivity contribution in [2.45, 2.75) is 19.4 Å². The average molecular weight is 410 g/mol. The zero-order valence-corrected chi connectivity index (χ0v) is 16.0. The number of hydrogen-bond donors (Lipinski definition) is 1. The highest BCUT2D eigenvalue weighted by molar-refractivity contribution is 9.11. The molecular weight excluding hydrogens is 390 g/mol. The zero-order valence-electron chi connectivity index (χ0n) is 13.5. The van der Waals surface area contributed by atoms with Crippen LogP contribution in [0.5, 0.6) is 0 Å². The van der Waals surface area contributed by atoms with Crippen LogP contribution in [0.3, 0.4) is 0 Å². The maximum atomic E-state index is 11.1. The van der Waals surface area contributed by atoms with Crippen molar-refractivity contribution in [3.05, 3.63) is 33.7 Å². The maximum absolute atomic E-state index is 11.1. The molecule has 2 aromatic rings. The Morgan fingerprint density at radius 2 is 2.04 bits per heavy atom. The molecule has 1 saturated heterocycles. The lowest BCUT2D eigenvalue weighted by atomic mass is 10.2. The molecule has 0 bridgehead atoms. The first-order chi connectivity index (χ1) is 11.7. The van der Waals surface area contributed by atoms with Gasteiger partial charge in [0, 0.05) is 30.9 Å². The number of ether oxygens (including phenoxy) is 1. The largest absolute Gasteiger partial charge is 0.468 e. The summed E-state index contributed by atoms with van der Waals surface area (Å²) in [4.78, 5) is 18.2. The van der Waals surface area contributed by atoms with Gasteiger partial charge in [-0.2, -0.15) is 0 Å². The Morgan fingerprint density at radius 3 is 2.71 bits per heavy atom. The molecule has 1 aromatic carbocycles. The fraction of sp³-hybridized carbons (Fsp3) is 0.412. The summed E-state index contributed by atoms with van der Waals surface area (Å²) in [5.74, 6) is -0.279. The van der Waals surface area contributed by atoms with Crippen molar-refractivity contribution in [1.29, 1.82) is 0 Å². The van der Waals surface area contributed by atoms with Crippen molar-refractivity contribution >= 4 is 38.9 Å². The van der Waals surface area contributed by atoms with Crippen LogP contribution in [0, 0.1) is 0 Å². The van der Waals surface area contributed by atoms with Crippen LogP contribution in [-0.2, 0) is 16.1 Å². The molecule has 1 aliphatic heterocycles. The van der Waals surface area contributed by atoms with Crippen LogP contribution in [0.2, 0.25) is 0 Å². The second-order valence-electron chi connectivity index (χ2n) is 5.66. The first-order valence-corrected chi connectivity index (χ1v) is 9.56. The van der Waals surface area contributed by atoms with E-state index in [1.54, 1.807) is 11.3 Å². The van der Waals surface area contributed by atoms with E-state index in [1.165, 1.54) is 25.6 Å². The van der Waals surface area contributed by atoms with E-state index in [1.807, 2.05) is 0 Å². The highest BCUT2D eigenvalue weighted by Crippen LogP contribution is 2.33. The van der Waals surface area contributed by atoms with Gasteiger partial charge >= 0.3 is 5.97 Å². The number of esters is 1. The molecule has 0 saturated carbocycles. The summed E-state index contributed by atoms with van der Waals surface area (Å²) in [6.45, 7) is 3.01. The summed E-state index contributed by atoms with van der Waals surface area (Å²) in [5, 5.41) is 4.01. The number of rotatable bonds is 6. The van der Waals surface area contributed by atoms with Crippen molar-refractivity contribution in [2.24, 2.45) is 0 Å². The van der Waals surface area contributed by atoms with Gasteiger partial charge in [-0.25, -0.2) is 4.98 Å². The normalized spacial score (nSPS) is 14.2. The summed E-state index contributed by atoms with van der Waals surface area (Å²) in [6, 6.07) is 8.60. The van der Waals surface area contributed by atoms with Crippen LogP contribution in [0.25, 0.3) is 10.6 Å². The van der Waals surface area contributed by atoms with Gasteiger partial charge in [0.25, 0.3) is 0 Å². The quantitative estimate of drug-likeness (QED) is 0.740. The van der Waals surface area contributed by atoms with E-state index in [0.29, 0.717) is 6.54 Å². The molecule has 0 unspecified atom stereocenters. The lowest BCUT2D eigenvalue weighted by Gasteiger charge is -2.17. The molecule has 0 aliphatic carbocycles. The maximum Gasteiger partial charge on any atom is 0.319 e. The summed E-state index contributed by atoms with van der Waals surface area (Å²) < 4.78 is 5.60. The Balaban J connectivity index is 1.66. The van der Waals surface area contributed by atoms with Crippen LogP contribution in [-0.4, -0.2) is 37.7 Å². The van der Waals surface area contributed by atoms with Crippen molar-refractivity contribution in [3.63, 3.8) is 0 Å². The molecular formula is C17H20BrN3O2S. The standard InChI is InChI=1S/C17H20BrN3O2S/c1-23-15(22)11-19-10-14-16(18)24-17(20-14)12-4-6-13(7-5-12)21-8-2-3-9-21/h4-7,19H,2-3,8-11H2,1H3. The number of hydrogen-bond acceptors (Lipinski definition) is 6. The molecule has 1 aromatic heterocycles. The monoisotopic (exact) mass is 409 g/mol. The van der Waals surface area contributed by atoms with E-state index in [9.17, 15) is 4.79 Å². The van der Waals surface area contributed by atoms with E-state index >= 15 is 0 Å². The van der Waals surface area contributed by atoms with Crippen LogP contribution in [0.1, 0.15) is 18.5 Å². The molecule has 0 radical (unpaired) electrons. The Morgan fingerprint density at radius 1 is 1.33 bits per heavy atom. The van der Waals surface area contributed by atoms with E-state index in [4.69, 9.17) is 0 Å². The average Bonchev–Trinajstić information content (AvgIpc) is 3.25. The molecule has 1 aliphatic rings. The Labute approximate surface area is 154 Å². The van der Waals surface area contributed by atoms with Crippen LogP contribution < -0.4 is 10.2 Å². The van der Waals surface area contributed by atoms with Crippen molar-refractivity contribution in [3.8, 4) is 10.6 Å². The van der Waals surface area contributed by atoms with Crippen LogP contribution in [0.4, 0.5) is 5.69 Å². The van der Waals surface area contributed by atoms with E-state index in [-0.39, 0.29) is 12.5 Å². The summed E-state index contributed by atoms with van der Waals surface area (Å²) in [6.07, 6.45) is 2.56. The molecule has 128 valence electrons. The minimum Gasteiger partial charge on any atom is -0.468 e. The lowest BCUT2D eigenvalue weighted by Crippen LogP contribution is -2.23. The third-order valence-electron chi connectivity index (χ3n) is 4.02. The third-order valence-corrected chi connectivity index (χ3v) is 5.90. The number of carbonyl (C=O) groups excluding carboxylic acids is 1. The van der Waals surface area contributed by atoms with Gasteiger partial charge in [0.2, 0.25) is 0 Å². The smallest absolute Gasteiger partial charge is 0.319 e. The van der Waals surface area contributed by atoms with Gasteiger partial charge in [-0.3, -0.25) is 4.79 Å². The molecule has 7 heteroatoms. The SMILES string of the molecule is COC(=O)CNCc1nc(-c2ccc(N3CCCC3)cc2)sc1Br. The number of methoxy groups -OCH3 is 1. The molecule has 0 amide bonds. The van der Waals surface area contributed by atoms with E-state index < -0.39 is 0 Å². The number of nitrogens with zero attached hydrogens (tertiary/aromatic N) is 2. The molecule has 3 rings (SSSR count). The topological polar surface area (TPSA) is 54.5 Å². The lowest BCUT2D eigenvalue weighted by molar-refractivity contribution is -0.139. The minimum absolute atomic E-state index is 0.181. The fourth-order valence-electron chi connectivity index (χ4n) is 2.71. The number of thiazole rings is 1. The summed E-state index contributed by atoms with van der Waals surface area (Å²) in [5.41, 5.74) is 3.30. The summed E-state index contributed by atoms with van der Waals surface area (Å²) in [7, 11) is 1.38. The van der Waals surface area contributed by atoms with Crippen LogP contribution >= 0.6 is 27.3 Å². The second kappa shape index (κ2) is 8.09. The number of nitrogens with one attached hydrogen (secondary N) is 1. The first-order valence-electron chi connectivity index (χ1n) is 7.95. The molecule has 1 fully saturated rings. The Kier molecular flexibility index (Phi) is 5.86. The van der Waals surface area contributed by atoms with Gasteiger partial charge in [-0.15, -0.1) is 11.3 Å². The predicted molar refractivity (Wildman–Crippen MR) is 100 cm³/mol. The molecule has 24 heavy (non-hydrogen) atoms. The molecule has 0 atom stereocenters. The highest BCUT2D eigenvalue weighted by atomic mass is 79.9. The van der Waals surface area contributed by atoms with Gasteiger partial charge in [0.05, 0.1) is 23.1 Å². The van der Waals surface area contributed by atoms with Gasteiger partial charge in [0.1, 0.15) is 5.01 Å². The number of halogens is 1.